The minimum atomic E-state index is -4.97. The van der Waals surface area contributed by atoms with Crippen molar-refractivity contribution in [3.8, 4) is 11.5 Å². The number of hydrogen-bond acceptors (Lipinski definition) is 6. The average Bonchev–Trinajstić information content (AvgIpc) is 3.18. The van der Waals surface area contributed by atoms with Crippen molar-refractivity contribution in [2.45, 2.75) is 17.8 Å². The molecule has 0 aliphatic heterocycles. The van der Waals surface area contributed by atoms with Gasteiger partial charge in [0.05, 0.1) is 23.2 Å². The van der Waals surface area contributed by atoms with Crippen molar-refractivity contribution in [3.63, 3.8) is 0 Å². The SMILES string of the molecule is CNCc1cn(S(=O)(=O)c2cccc(OC(F)(F)F)c2)c2cc(Nc3ccc(OC)cc3F)ccc12. The van der Waals surface area contributed by atoms with Crippen LogP contribution < -0.4 is 20.1 Å². The first kappa shape index (κ1) is 25.3. The van der Waals surface area contributed by atoms with Crippen LogP contribution in [-0.2, 0) is 16.6 Å². The van der Waals surface area contributed by atoms with Crippen LogP contribution in [0.2, 0.25) is 0 Å². The molecule has 0 unspecified atom stereocenters. The van der Waals surface area contributed by atoms with E-state index in [9.17, 15) is 26.0 Å². The van der Waals surface area contributed by atoms with E-state index in [0.717, 1.165) is 22.2 Å². The van der Waals surface area contributed by atoms with Gasteiger partial charge in [0.25, 0.3) is 10.0 Å². The third-order valence-electron chi connectivity index (χ3n) is 5.27. The van der Waals surface area contributed by atoms with Gasteiger partial charge < -0.3 is 20.1 Å². The largest absolute Gasteiger partial charge is 0.573 e. The summed E-state index contributed by atoms with van der Waals surface area (Å²) in [6, 6.07) is 13.3. The third kappa shape index (κ3) is 5.24. The lowest BCUT2D eigenvalue weighted by Crippen LogP contribution is -2.18. The number of ether oxygens (including phenoxy) is 2. The predicted molar refractivity (Wildman–Crippen MR) is 127 cm³/mol. The van der Waals surface area contributed by atoms with Crippen molar-refractivity contribution in [1.82, 2.24) is 9.29 Å². The van der Waals surface area contributed by atoms with Gasteiger partial charge in [-0.1, -0.05) is 12.1 Å². The molecule has 0 spiro atoms. The highest BCUT2D eigenvalue weighted by atomic mass is 32.2. The molecule has 190 valence electrons. The van der Waals surface area contributed by atoms with Crippen LogP contribution in [0.15, 0.2) is 71.8 Å². The number of nitrogens with zero attached hydrogens (tertiary/aromatic N) is 1. The van der Waals surface area contributed by atoms with Gasteiger partial charge in [0, 0.05) is 35.9 Å². The van der Waals surface area contributed by atoms with Crippen molar-refractivity contribution in [1.29, 1.82) is 0 Å². The first-order valence-corrected chi connectivity index (χ1v) is 12.0. The number of nitrogens with one attached hydrogen (secondary N) is 2. The molecule has 0 radical (unpaired) electrons. The van der Waals surface area contributed by atoms with Gasteiger partial charge in [-0.2, -0.15) is 0 Å². The van der Waals surface area contributed by atoms with Crippen molar-refractivity contribution >= 4 is 32.3 Å². The molecule has 36 heavy (non-hydrogen) atoms. The zero-order valence-corrected chi connectivity index (χ0v) is 19.9. The van der Waals surface area contributed by atoms with E-state index < -0.39 is 32.8 Å². The summed E-state index contributed by atoms with van der Waals surface area (Å²) < 4.78 is 89.3. The summed E-state index contributed by atoms with van der Waals surface area (Å²) >= 11 is 0. The van der Waals surface area contributed by atoms with Gasteiger partial charge in [0.1, 0.15) is 17.3 Å². The average molecular weight is 524 g/mol. The molecule has 0 aliphatic carbocycles. The minimum absolute atomic E-state index is 0.142. The molecular formula is C24H21F4N3O4S. The molecule has 2 N–H and O–H groups in total. The van der Waals surface area contributed by atoms with Crippen molar-refractivity contribution in [2.24, 2.45) is 0 Å². The molecule has 0 fully saturated rings. The van der Waals surface area contributed by atoms with Gasteiger partial charge >= 0.3 is 6.36 Å². The molecule has 7 nitrogen and oxygen atoms in total. The first-order valence-electron chi connectivity index (χ1n) is 10.5. The van der Waals surface area contributed by atoms with Crippen molar-refractivity contribution < 1.29 is 35.5 Å². The Bertz CT molecular complexity index is 1520. The fraction of sp³-hybridized carbons (Fsp3) is 0.167. The van der Waals surface area contributed by atoms with Crippen LogP contribution in [0.1, 0.15) is 5.56 Å². The molecule has 4 aromatic rings. The van der Waals surface area contributed by atoms with E-state index in [4.69, 9.17) is 4.74 Å². The van der Waals surface area contributed by atoms with E-state index in [1.165, 1.54) is 37.6 Å². The van der Waals surface area contributed by atoms with E-state index in [0.29, 0.717) is 28.9 Å². The first-order chi connectivity index (χ1) is 17.0. The number of hydrogen-bond donors (Lipinski definition) is 2. The Balaban J connectivity index is 1.79. The van der Waals surface area contributed by atoms with Gasteiger partial charge in [-0.15, -0.1) is 13.2 Å². The second-order valence-corrected chi connectivity index (χ2v) is 9.53. The highest BCUT2D eigenvalue weighted by Crippen LogP contribution is 2.32. The zero-order chi connectivity index (χ0) is 26.1. The topological polar surface area (TPSA) is 81.6 Å². The quantitative estimate of drug-likeness (QED) is 0.302. The predicted octanol–water partition coefficient (Wildman–Crippen LogP) is 5.39. The van der Waals surface area contributed by atoms with Crippen molar-refractivity contribution in [3.05, 3.63) is 78.2 Å². The number of rotatable bonds is 8. The molecule has 4 rings (SSSR count). The van der Waals surface area contributed by atoms with Crippen molar-refractivity contribution in [2.75, 3.05) is 19.5 Å². The molecule has 0 aliphatic rings. The molecule has 0 saturated heterocycles. The van der Waals surface area contributed by atoms with Crippen LogP contribution in [0, 0.1) is 5.82 Å². The maximum atomic E-state index is 14.4. The lowest BCUT2D eigenvalue weighted by molar-refractivity contribution is -0.274. The molecule has 0 amide bonds. The molecule has 1 heterocycles. The van der Waals surface area contributed by atoms with Gasteiger partial charge in [-0.05, 0) is 49.0 Å². The van der Waals surface area contributed by atoms with Crippen LogP contribution in [0.25, 0.3) is 10.9 Å². The number of aromatic nitrogens is 1. The number of benzene rings is 3. The second kappa shape index (κ2) is 9.70. The Labute approximate surface area is 204 Å². The number of alkyl halides is 3. The lowest BCUT2D eigenvalue weighted by Gasteiger charge is -2.12. The number of fused-ring (bicyclic) bond motifs is 1. The lowest BCUT2D eigenvalue weighted by atomic mass is 10.1. The number of halogens is 4. The summed E-state index contributed by atoms with van der Waals surface area (Å²) in [5.41, 5.74) is 1.43. The Kier molecular flexibility index (Phi) is 6.83. The molecule has 0 saturated carbocycles. The van der Waals surface area contributed by atoms with Crippen LogP contribution >= 0.6 is 0 Å². The van der Waals surface area contributed by atoms with E-state index in [2.05, 4.69) is 15.4 Å². The monoisotopic (exact) mass is 523 g/mol. The van der Waals surface area contributed by atoms with Gasteiger partial charge in [-0.25, -0.2) is 16.8 Å². The molecule has 0 bridgehead atoms. The maximum absolute atomic E-state index is 14.4. The van der Waals surface area contributed by atoms with Crippen LogP contribution in [-0.4, -0.2) is 32.9 Å². The summed E-state index contributed by atoms with van der Waals surface area (Å²) in [6.45, 7) is 0.329. The highest BCUT2D eigenvalue weighted by molar-refractivity contribution is 7.90. The summed E-state index contributed by atoms with van der Waals surface area (Å²) in [4.78, 5) is -0.392. The Hall–Kier alpha value is -3.77. The zero-order valence-electron chi connectivity index (χ0n) is 19.1. The van der Waals surface area contributed by atoms with E-state index in [1.807, 2.05) is 0 Å². The van der Waals surface area contributed by atoms with Crippen LogP contribution in [0.3, 0.4) is 0 Å². The number of anilines is 2. The smallest absolute Gasteiger partial charge is 0.497 e. The standard InChI is InChI=1S/C24H21F4N3O4S/c1-29-13-15-14-31(36(32,33)19-5-3-4-18(11-19)35-24(26,27)28)23-10-16(6-8-20(15)23)30-22-9-7-17(34-2)12-21(22)25/h3-12,14,29-30H,13H2,1-2H3. The van der Waals surface area contributed by atoms with Gasteiger partial charge in [-0.3, -0.25) is 0 Å². The summed E-state index contributed by atoms with van der Waals surface area (Å²) in [5.74, 6) is -0.899. The Morgan fingerprint density at radius 3 is 2.44 bits per heavy atom. The Morgan fingerprint density at radius 2 is 1.78 bits per heavy atom. The van der Waals surface area contributed by atoms with Crippen LogP contribution in [0.4, 0.5) is 28.9 Å². The fourth-order valence-corrected chi connectivity index (χ4v) is 5.12. The molecule has 12 heteroatoms. The second-order valence-electron chi connectivity index (χ2n) is 7.71. The molecule has 0 atom stereocenters. The molecule has 3 aromatic carbocycles. The maximum Gasteiger partial charge on any atom is 0.573 e. The van der Waals surface area contributed by atoms with Gasteiger partial charge in [0.2, 0.25) is 0 Å². The van der Waals surface area contributed by atoms with Crippen LogP contribution in [0.5, 0.6) is 11.5 Å². The number of methoxy groups -OCH3 is 1. The minimum Gasteiger partial charge on any atom is -0.497 e. The highest BCUT2D eigenvalue weighted by Gasteiger charge is 2.32. The normalized spacial score (nSPS) is 12.1. The summed E-state index contributed by atoms with van der Waals surface area (Å²) in [6.07, 6.45) is -3.58. The molecular weight excluding hydrogens is 502 g/mol. The summed E-state index contributed by atoms with van der Waals surface area (Å²) in [7, 11) is -1.22. The van der Waals surface area contributed by atoms with E-state index in [-0.39, 0.29) is 11.2 Å². The third-order valence-corrected chi connectivity index (χ3v) is 6.94. The van der Waals surface area contributed by atoms with E-state index >= 15 is 0 Å². The summed E-state index contributed by atoms with van der Waals surface area (Å²) in [5, 5.41) is 6.46. The van der Waals surface area contributed by atoms with E-state index in [1.54, 1.807) is 25.2 Å². The fourth-order valence-electron chi connectivity index (χ4n) is 3.70. The molecule has 1 aromatic heterocycles. The van der Waals surface area contributed by atoms with Gasteiger partial charge in [0.15, 0.2) is 0 Å². The Morgan fingerprint density at radius 1 is 1.00 bits per heavy atom.